The molecule has 0 bridgehead atoms. The van der Waals surface area contributed by atoms with Crippen molar-refractivity contribution < 1.29 is 12.8 Å². The minimum atomic E-state index is -3.03. The number of sulfone groups is 1. The second kappa shape index (κ2) is 11.1. The Kier molecular flexibility index (Phi) is 7.76. The first kappa shape index (κ1) is 27.9. The SMILES string of the molecule is CC(C)c1ccc(N2C[C@H](CS(C)(=O)=O)[C@H]2C)c2cnc(Nc3ccnc(C(=CN)C4=N[C@@H](CF)CC4)n3)cc12. The van der Waals surface area contributed by atoms with E-state index in [2.05, 4.69) is 58.1 Å². The lowest BCUT2D eigenvalue weighted by Crippen LogP contribution is -2.57. The van der Waals surface area contributed by atoms with Gasteiger partial charge >= 0.3 is 0 Å². The van der Waals surface area contributed by atoms with E-state index in [0.717, 1.165) is 22.2 Å². The van der Waals surface area contributed by atoms with E-state index in [1.165, 1.54) is 18.0 Å². The molecule has 4 heterocycles. The molecule has 2 aromatic heterocycles. The Balaban J connectivity index is 1.43. The van der Waals surface area contributed by atoms with Gasteiger partial charge in [0.15, 0.2) is 5.82 Å². The largest absolute Gasteiger partial charge is 0.404 e. The molecule has 0 spiro atoms. The standard InChI is InChI=1S/C29H36FN7O2S/c1-17(2)21-6-8-26(37-15-19(18(37)3)16-40(4,38)39)24-14-33-28(11-22(21)24)35-27-9-10-32-29(36-27)23(13-31)25-7-5-20(12-30)34-25/h6,8-11,13-14,17-20H,5,7,12,15-16,31H2,1-4H3,(H,32,33,35,36)/t18-,19-,20-/m1/s1. The quantitative estimate of drug-likeness (QED) is 0.385. The fourth-order valence-electron chi connectivity index (χ4n) is 5.61. The lowest BCUT2D eigenvalue weighted by molar-refractivity contribution is 0.342. The number of aromatic nitrogens is 3. The third kappa shape index (κ3) is 5.65. The van der Waals surface area contributed by atoms with E-state index in [4.69, 9.17) is 10.7 Å². The Morgan fingerprint density at radius 1 is 1.23 bits per heavy atom. The molecule has 1 saturated heterocycles. The van der Waals surface area contributed by atoms with Crippen LogP contribution in [0.5, 0.6) is 0 Å². The number of aliphatic imine (C=N–C) groups is 1. The summed E-state index contributed by atoms with van der Waals surface area (Å²) in [4.78, 5) is 20.4. The van der Waals surface area contributed by atoms with Crippen LogP contribution in [-0.4, -0.2) is 66.4 Å². The number of rotatable bonds is 9. The molecule has 2 aliphatic rings. The minimum absolute atomic E-state index is 0.112. The molecule has 9 nitrogen and oxygen atoms in total. The van der Waals surface area contributed by atoms with E-state index in [1.54, 1.807) is 12.3 Å². The van der Waals surface area contributed by atoms with Crippen LogP contribution in [-0.2, 0) is 9.84 Å². The molecule has 1 aromatic carbocycles. The number of benzene rings is 1. The van der Waals surface area contributed by atoms with Gasteiger partial charge in [-0.1, -0.05) is 19.9 Å². The molecule has 0 amide bonds. The van der Waals surface area contributed by atoms with Crippen LogP contribution in [0.3, 0.4) is 0 Å². The van der Waals surface area contributed by atoms with Gasteiger partial charge in [-0.05, 0) is 54.8 Å². The van der Waals surface area contributed by atoms with Crippen molar-refractivity contribution in [3.05, 3.63) is 54.2 Å². The third-order valence-electron chi connectivity index (χ3n) is 7.83. The van der Waals surface area contributed by atoms with Gasteiger partial charge in [0.2, 0.25) is 0 Å². The first-order valence-corrected chi connectivity index (χ1v) is 15.7. The molecule has 0 radical (unpaired) electrons. The topological polar surface area (TPSA) is 126 Å². The summed E-state index contributed by atoms with van der Waals surface area (Å²) >= 11 is 0. The van der Waals surface area contributed by atoms with Gasteiger partial charge in [-0.25, -0.2) is 27.8 Å². The normalized spacial score (nSPS) is 21.6. The van der Waals surface area contributed by atoms with Crippen LogP contribution in [0.15, 0.2) is 47.9 Å². The first-order chi connectivity index (χ1) is 19.1. The molecule has 212 valence electrons. The van der Waals surface area contributed by atoms with Crippen LogP contribution < -0.4 is 16.0 Å². The van der Waals surface area contributed by atoms with Gasteiger partial charge in [-0.3, -0.25) is 4.99 Å². The lowest BCUT2D eigenvalue weighted by Gasteiger charge is -2.48. The maximum Gasteiger partial charge on any atom is 0.164 e. The van der Waals surface area contributed by atoms with Gasteiger partial charge in [0, 0.05) is 60.1 Å². The summed E-state index contributed by atoms with van der Waals surface area (Å²) in [7, 11) is -3.03. The molecule has 5 rings (SSSR count). The molecule has 40 heavy (non-hydrogen) atoms. The monoisotopic (exact) mass is 565 g/mol. The summed E-state index contributed by atoms with van der Waals surface area (Å²) in [6.45, 7) is 6.61. The Labute approximate surface area is 234 Å². The van der Waals surface area contributed by atoms with Crippen molar-refractivity contribution >= 4 is 49.2 Å². The van der Waals surface area contributed by atoms with E-state index < -0.39 is 16.5 Å². The van der Waals surface area contributed by atoms with E-state index in [1.807, 2.05) is 12.3 Å². The molecular formula is C29H36FN7O2S. The number of allylic oxidation sites excluding steroid dienone is 1. The number of hydrogen-bond donors (Lipinski definition) is 2. The zero-order valence-electron chi connectivity index (χ0n) is 23.3. The van der Waals surface area contributed by atoms with Gasteiger partial charge in [0.25, 0.3) is 0 Å². The van der Waals surface area contributed by atoms with E-state index in [9.17, 15) is 12.8 Å². The highest BCUT2D eigenvalue weighted by Gasteiger charge is 2.38. The summed E-state index contributed by atoms with van der Waals surface area (Å²) in [6.07, 6.45) is 7.53. The van der Waals surface area contributed by atoms with E-state index in [0.29, 0.717) is 48.3 Å². The number of nitrogens with one attached hydrogen (secondary N) is 1. The van der Waals surface area contributed by atoms with E-state index >= 15 is 0 Å². The summed E-state index contributed by atoms with van der Waals surface area (Å²) < 4.78 is 36.8. The predicted octanol–water partition coefficient (Wildman–Crippen LogP) is 4.63. The zero-order chi connectivity index (χ0) is 28.6. The maximum atomic E-state index is 13.1. The second-order valence-electron chi connectivity index (χ2n) is 11.1. The number of hydrogen-bond acceptors (Lipinski definition) is 9. The smallest absolute Gasteiger partial charge is 0.164 e. The fourth-order valence-corrected chi connectivity index (χ4v) is 6.77. The van der Waals surface area contributed by atoms with Crippen LogP contribution in [0.25, 0.3) is 16.3 Å². The average Bonchev–Trinajstić information content (AvgIpc) is 3.39. The number of nitrogens with zero attached hydrogens (tertiary/aromatic N) is 5. The van der Waals surface area contributed by atoms with Crippen molar-refractivity contribution in [2.75, 3.05) is 35.4 Å². The summed E-state index contributed by atoms with van der Waals surface area (Å²) in [5.74, 6) is 2.22. The number of pyridine rings is 1. The van der Waals surface area contributed by atoms with Crippen molar-refractivity contribution in [3.63, 3.8) is 0 Å². The van der Waals surface area contributed by atoms with Crippen molar-refractivity contribution in [2.24, 2.45) is 16.6 Å². The number of nitrogens with two attached hydrogens (primary N) is 1. The van der Waals surface area contributed by atoms with Crippen molar-refractivity contribution in [2.45, 2.75) is 51.6 Å². The Morgan fingerprint density at radius 2 is 2.02 bits per heavy atom. The lowest BCUT2D eigenvalue weighted by atomic mass is 9.88. The minimum Gasteiger partial charge on any atom is -0.404 e. The molecule has 0 saturated carbocycles. The number of anilines is 3. The highest BCUT2D eigenvalue weighted by molar-refractivity contribution is 7.90. The molecule has 1 fully saturated rings. The highest BCUT2D eigenvalue weighted by atomic mass is 32.2. The highest BCUT2D eigenvalue weighted by Crippen LogP contribution is 2.39. The molecule has 3 atom stereocenters. The van der Waals surface area contributed by atoms with Crippen LogP contribution in [0.4, 0.5) is 21.7 Å². The average molecular weight is 566 g/mol. The number of halogens is 1. The van der Waals surface area contributed by atoms with Gasteiger partial charge in [-0.15, -0.1) is 0 Å². The van der Waals surface area contributed by atoms with Crippen molar-refractivity contribution in [3.8, 4) is 0 Å². The van der Waals surface area contributed by atoms with Gasteiger partial charge in [-0.2, -0.15) is 0 Å². The Bertz CT molecular complexity index is 1590. The number of alkyl halides is 1. The van der Waals surface area contributed by atoms with Crippen LogP contribution in [0.1, 0.15) is 50.9 Å². The van der Waals surface area contributed by atoms with Crippen molar-refractivity contribution in [1.82, 2.24) is 15.0 Å². The van der Waals surface area contributed by atoms with Gasteiger partial charge < -0.3 is 16.0 Å². The first-order valence-electron chi connectivity index (χ1n) is 13.6. The molecule has 11 heteroatoms. The zero-order valence-corrected chi connectivity index (χ0v) is 24.1. The number of fused-ring (bicyclic) bond motifs is 1. The van der Waals surface area contributed by atoms with Gasteiger partial charge in [0.1, 0.15) is 28.1 Å². The fraction of sp³-hybridized carbons (Fsp3) is 0.448. The van der Waals surface area contributed by atoms with E-state index in [-0.39, 0.29) is 23.8 Å². The molecule has 3 aromatic rings. The molecule has 0 unspecified atom stereocenters. The third-order valence-corrected chi connectivity index (χ3v) is 8.86. The molecule has 0 aliphatic carbocycles. The molecule has 3 N–H and O–H groups in total. The summed E-state index contributed by atoms with van der Waals surface area (Å²) in [5.41, 5.74) is 9.48. The molecule has 2 aliphatic heterocycles. The predicted molar refractivity (Wildman–Crippen MR) is 160 cm³/mol. The summed E-state index contributed by atoms with van der Waals surface area (Å²) in [6, 6.07) is 7.84. The second-order valence-corrected chi connectivity index (χ2v) is 13.3. The van der Waals surface area contributed by atoms with Crippen LogP contribution in [0.2, 0.25) is 0 Å². The Morgan fingerprint density at radius 3 is 2.67 bits per heavy atom. The Hall–Kier alpha value is -3.60. The van der Waals surface area contributed by atoms with Crippen LogP contribution in [0, 0.1) is 5.92 Å². The van der Waals surface area contributed by atoms with Crippen molar-refractivity contribution in [1.29, 1.82) is 0 Å². The molecular weight excluding hydrogens is 529 g/mol. The summed E-state index contributed by atoms with van der Waals surface area (Å²) in [5, 5.41) is 5.41. The van der Waals surface area contributed by atoms with Gasteiger partial charge in [0.05, 0.1) is 17.4 Å². The van der Waals surface area contributed by atoms with Crippen LogP contribution >= 0.6 is 0 Å². The maximum absolute atomic E-state index is 13.1.